The van der Waals surface area contributed by atoms with Crippen LogP contribution >= 0.6 is 0 Å². The van der Waals surface area contributed by atoms with Crippen LogP contribution in [0.3, 0.4) is 0 Å². The summed E-state index contributed by atoms with van der Waals surface area (Å²) >= 11 is 0. The van der Waals surface area contributed by atoms with Gasteiger partial charge in [0, 0.05) is 10.9 Å². The van der Waals surface area contributed by atoms with Crippen LogP contribution in [0.2, 0.25) is 0 Å². The fourth-order valence-corrected chi connectivity index (χ4v) is 2.33. The minimum Gasteiger partial charge on any atom is -0.505 e. The summed E-state index contributed by atoms with van der Waals surface area (Å²) in [5.41, 5.74) is 0.574. The van der Waals surface area contributed by atoms with Crippen LogP contribution in [0.25, 0.3) is 21.9 Å². The fourth-order valence-electron chi connectivity index (χ4n) is 2.33. The van der Waals surface area contributed by atoms with E-state index in [4.69, 9.17) is 5.11 Å². The van der Waals surface area contributed by atoms with Gasteiger partial charge in [0.25, 0.3) is 0 Å². The van der Waals surface area contributed by atoms with E-state index in [1.165, 1.54) is 36.4 Å². The minimum atomic E-state index is -1.21. The van der Waals surface area contributed by atoms with Crippen molar-refractivity contribution in [2.24, 2.45) is 0 Å². The number of carbonyl (C=O) groups is 1. The average molecular weight is 300 g/mol. The van der Waals surface area contributed by atoms with Crippen molar-refractivity contribution in [1.29, 1.82) is 0 Å². The van der Waals surface area contributed by atoms with Crippen LogP contribution in [0, 0.1) is 11.6 Å². The van der Waals surface area contributed by atoms with E-state index in [0.717, 1.165) is 6.07 Å². The molecule has 22 heavy (non-hydrogen) atoms. The number of carboxylic acids is 1. The molecule has 0 amide bonds. The third-order valence-electron chi connectivity index (χ3n) is 3.46. The first-order chi connectivity index (χ1) is 10.5. The van der Waals surface area contributed by atoms with Crippen LogP contribution < -0.4 is 0 Å². The SMILES string of the molecule is O=C(O)c1ccc(-c2ccc3c(F)c(O)ccc3c2)c(F)c1. The standard InChI is InChI=1S/C17H10F2O3/c18-14-8-11(17(21)22)2-4-12(14)9-1-5-13-10(7-9)3-6-15(20)16(13)19/h1-8,20H,(H,21,22). The Hall–Kier alpha value is -2.95. The number of fused-ring (bicyclic) bond motifs is 1. The van der Waals surface area contributed by atoms with Crippen LogP contribution in [0.1, 0.15) is 10.4 Å². The molecule has 0 unspecified atom stereocenters. The highest BCUT2D eigenvalue weighted by Gasteiger charge is 2.12. The zero-order chi connectivity index (χ0) is 15.9. The van der Waals surface area contributed by atoms with E-state index in [1.54, 1.807) is 6.07 Å². The summed E-state index contributed by atoms with van der Waals surface area (Å²) in [6.45, 7) is 0. The number of phenolic OH excluding ortho intramolecular Hbond substituents is 1. The Bertz CT molecular complexity index is 904. The molecule has 3 aromatic rings. The van der Waals surface area contributed by atoms with Crippen molar-refractivity contribution >= 4 is 16.7 Å². The first kappa shape index (κ1) is 14.0. The van der Waals surface area contributed by atoms with Gasteiger partial charge < -0.3 is 10.2 Å². The molecule has 5 heteroatoms. The fraction of sp³-hybridized carbons (Fsp3) is 0. The highest BCUT2D eigenvalue weighted by Crippen LogP contribution is 2.31. The van der Waals surface area contributed by atoms with Crippen molar-refractivity contribution in [2.45, 2.75) is 0 Å². The summed E-state index contributed by atoms with van der Waals surface area (Å²) in [5.74, 6) is -3.05. The van der Waals surface area contributed by atoms with Crippen LogP contribution in [-0.4, -0.2) is 16.2 Å². The number of halogens is 2. The number of hydrogen-bond donors (Lipinski definition) is 2. The number of benzene rings is 3. The van der Waals surface area contributed by atoms with E-state index in [-0.39, 0.29) is 16.5 Å². The van der Waals surface area contributed by atoms with E-state index in [9.17, 15) is 18.7 Å². The maximum Gasteiger partial charge on any atom is 0.335 e. The lowest BCUT2D eigenvalue weighted by atomic mass is 9.99. The van der Waals surface area contributed by atoms with Crippen molar-refractivity contribution in [3.8, 4) is 16.9 Å². The number of aromatic hydroxyl groups is 1. The van der Waals surface area contributed by atoms with Gasteiger partial charge in [-0.3, -0.25) is 0 Å². The Labute approximate surface area is 124 Å². The molecule has 0 spiro atoms. The summed E-state index contributed by atoms with van der Waals surface area (Å²) in [7, 11) is 0. The molecule has 2 N–H and O–H groups in total. The summed E-state index contributed by atoms with van der Waals surface area (Å²) in [6, 6.07) is 10.9. The second kappa shape index (κ2) is 5.11. The number of phenols is 1. The number of rotatable bonds is 2. The maximum absolute atomic E-state index is 14.1. The molecule has 0 saturated heterocycles. The molecule has 0 saturated carbocycles. The van der Waals surface area contributed by atoms with Gasteiger partial charge in [-0.25, -0.2) is 13.6 Å². The molecule has 0 heterocycles. The van der Waals surface area contributed by atoms with Crippen LogP contribution in [0.15, 0.2) is 48.5 Å². The molecule has 0 aromatic heterocycles. The van der Waals surface area contributed by atoms with E-state index in [2.05, 4.69) is 0 Å². The molecule has 0 aliphatic rings. The summed E-state index contributed by atoms with van der Waals surface area (Å²) in [6.07, 6.45) is 0. The van der Waals surface area contributed by atoms with Gasteiger partial charge in [-0.05, 0) is 35.2 Å². The van der Waals surface area contributed by atoms with Gasteiger partial charge in [-0.1, -0.05) is 24.3 Å². The molecule has 0 aliphatic heterocycles. The smallest absolute Gasteiger partial charge is 0.335 e. The lowest BCUT2D eigenvalue weighted by Crippen LogP contribution is -1.97. The molecule has 3 rings (SSSR count). The number of carboxylic acid groups (broad SMARTS) is 1. The Morgan fingerprint density at radius 2 is 1.73 bits per heavy atom. The summed E-state index contributed by atoms with van der Waals surface area (Å²) in [4.78, 5) is 10.8. The molecular weight excluding hydrogens is 290 g/mol. The summed E-state index contributed by atoms with van der Waals surface area (Å²) < 4.78 is 27.8. The Balaban J connectivity index is 2.15. The molecule has 3 aromatic carbocycles. The second-order valence-corrected chi connectivity index (χ2v) is 4.83. The second-order valence-electron chi connectivity index (χ2n) is 4.83. The van der Waals surface area contributed by atoms with Gasteiger partial charge in [-0.2, -0.15) is 0 Å². The largest absolute Gasteiger partial charge is 0.505 e. The molecule has 3 nitrogen and oxygen atoms in total. The highest BCUT2D eigenvalue weighted by molar-refractivity contribution is 5.91. The molecule has 0 aliphatic carbocycles. The number of hydrogen-bond acceptors (Lipinski definition) is 2. The molecule has 0 bridgehead atoms. The van der Waals surface area contributed by atoms with E-state index >= 15 is 0 Å². The van der Waals surface area contributed by atoms with Crippen molar-refractivity contribution in [3.63, 3.8) is 0 Å². The predicted octanol–water partition coefficient (Wildman–Crippen LogP) is 4.19. The van der Waals surface area contributed by atoms with Gasteiger partial charge in [0.1, 0.15) is 5.82 Å². The zero-order valence-electron chi connectivity index (χ0n) is 11.2. The Kier molecular flexibility index (Phi) is 3.25. The molecule has 0 fully saturated rings. The molecular formula is C17H10F2O3. The lowest BCUT2D eigenvalue weighted by Gasteiger charge is -2.07. The van der Waals surface area contributed by atoms with Crippen molar-refractivity contribution in [1.82, 2.24) is 0 Å². The van der Waals surface area contributed by atoms with Crippen LogP contribution in [-0.2, 0) is 0 Å². The third-order valence-corrected chi connectivity index (χ3v) is 3.46. The molecule has 0 atom stereocenters. The Morgan fingerprint density at radius 3 is 2.41 bits per heavy atom. The van der Waals surface area contributed by atoms with Gasteiger partial charge in [0.2, 0.25) is 0 Å². The van der Waals surface area contributed by atoms with Gasteiger partial charge in [-0.15, -0.1) is 0 Å². The monoisotopic (exact) mass is 300 g/mol. The van der Waals surface area contributed by atoms with Crippen molar-refractivity contribution < 1.29 is 23.8 Å². The number of aromatic carboxylic acids is 1. The third kappa shape index (κ3) is 2.26. The minimum absolute atomic E-state index is 0.141. The van der Waals surface area contributed by atoms with Crippen molar-refractivity contribution in [2.75, 3.05) is 0 Å². The van der Waals surface area contributed by atoms with Crippen molar-refractivity contribution in [3.05, 3.63) is 65.7 Å². The van der Waals surface area contributed by atoms with E-state index in [1.807, 2.05) is 0 Å². The molecule has 110 valence electrons. The normalized spacial score (nSPS) is 10.8. The summed E-state index contributed by atoms with van der Waals surface area (Å²) in [5, 5.41) is 18.9. The van der Waals surface area contributed by atoms with Gasteiger partial charge >= 0.3 is 5.97 Å². The maximum atomic E-state index is 14.1. The first-order valence-corrected chi connectivity index (χ1v) is 6.42. The van der Waals surface area contributed by atoms with Gasteiger partial charge in [0.15, 0.2) is 11.6 Å². The predicted molar refractivity (Wildman–Crippen MR) is 77.9 cm³/mol. The topological polar surface area (TPSA) is 57.5 Å². The van der Waals surface area contributed by atoms with E-state index in [0.29, 0.717) is 10.9 Å². The Morgan fingerprint density at radius 1 is 0.955 bits per heavy atom. The van der Waals surface area contributed by atoms with Crippen LogP contribution in [0.4, 0.5) is 8.78 Å². The lowest BCUT2D eigenvalue weighted by molar-refractivity contribution is 0.0696. The quantitative estimate of drug-likeness (QED) is 0.746. The first-order valence-electron chi connectivity index (χ1n) is 6.42. The molecule has 0 radical (unpaired) electrons. The highest BCUT2D eigenvalue weighted by atomic mass is 19.1. The van der Waals surface area contributed by atoms with Crippen LogP contribution in [0.5, 0.6) is 5.75 Å². The zero-order valence-corrected chi connectivity index (χ0v) is 11.2. The van der Waals surface area contributed by atoms with Gasteiger partial charge in [0.05, 0.1) is 5.56 Å². The average Bonchev–Trinajstić information content (AvgIpc) is 2.50. The van der Waals surface area contributed by atoms with E-state index < -0.39 is 23.4 Å².